The zero-order valence-electron chi connectivity index (χ0n) is 12.2. The second-order valence-corrected chi connectivity index (χ2v) is 5.86. The number of hydrogen-bond acceptors (Lipinski definition) is 4. The van der Waals surface area contributed by atoms with Gasteiger partial charge in [-0.05, 0) is 45.3 Å². The molecule has 2 fully saturated rings. The number of rotatable bonds is 4. The van der Waals surface area contributed by atoms with E-state index < -0.39 is 0 Å². The van der Waals surface area contributed by atoms with Gasteiger partial charge in [-0.15, -0.1) is 0 Å². The van der Waals surface area contributed by atoms with Gasteiger partial charge >= 0.3 is 0 Å². The quantitative estimate of drug-likeness (QED) is 0.790. The molecular formula is C14H27N3O2. The van der Waals surface area contributed by atoms with E-state index in [1.54, 1.807) is 0 Å². The van der Waals surface area contributed by atoms with E-state index in [9.17, 15) is 4.79 Å². The normalized spacial score (nSPS) is 26.3. The molecule has 0 bridgehead atoms. The van der Waals surface area contributed by atoms with E-state index in [2.05, 4.69) is 17.3 Å². The second-order valence-electron chi connectivity index (χ2n) is 5.86. The Kier molecular flexibility index (Phi) is 5.60. The minimum atomic E-state index is -0.281. The van der Waals surface area contributed by atoms with Crippen LogP contribution >= 0.6 is 0 Å². The molecule has 2 saturated heterocycles. The molecule has 110 valence electrons. The van der Waals surface area contributed by atoms with Crippen LogP contribution in [0.5, 0.6) is 0 Å². The molecule has 0 aromatic rings. The van der Waals surface area contributed by atoms with Crippen molar-refractivity contribution in [3.63, 3.8) is 0 Å². The van der Waals surface area contributed by atoms with Gasteiger partial charge in [-0.25, -0.2) is 0 Å². The first-order valence-corrected chi connectivity index (χ1v) is 7.42. The molecule has 5 heteroatoms. The number of likely N-dealkylation sites (N-methyl/N-ethyl adjacent to an activating group) is 1. The molecule has 19 heavy (non-hydrogen) atoms. The molecule has 1 amide bonds. The summed E-state index contributed by atoms with van der Waals surface area (Å²) in [5.41, 5.74) is 0. The first-order chi connectivity index (χ1) is 9.16. The van der Waals surface area contributed by atoms with Gasteiger partial charge in [0.2, 0.25) is 0 Å². The van der Waals surface area contributed by atoms with Crippen LogP contribution in [-0.2, 0) is 9.53 Å². The summed E-state index contributed by atoms with van der Waals surface area (Å²) in [5.74, 6) is 0.900. The first kappa shape index (κ1) is 14.8. The largest absolute Gasteiger partial charge is 0.366 e. The number of ether oxygens (including phenoxy) is 1. The summed E-state index contributed by atoms with van der Waals surface area (Å²) in [6.45, 7) is 5.38. The van der Waals surface area contributed by atoms with Gasteiger partial charge in [0.15, 0.2) is 0 Å². The number of morpholine rings is 1. The highest BCUT2D eigenvalue weighted by Crippen LogP contribution is 2.19. The molecule has 0 spiro atoms. The Balaban J connectivity index is 1.68. The minimum absolute atomic E-state index is 0.125. The predicted octanol–water partition coefficient (Wildman–Crippen LogP) is 0.165. The Hall–Kier alpha value is -0.650. The smallest absolute Gasteiger partial charge is 0.252 e. The van der Waals surface area contributed by atoms with E-state index >= 15 is 0 Å². The number of nitrogens with one attached hydrogen (secondary N) is 1. The molecule has 0 radical (unpaired) electrons. The molecule has 2 aliphatic heterocycles. The van der Waals surface area contributed by atoms with E-state index in [1.165, 1.54) is 25.9 Å². The molecule has 2 rings (SSSR count). The Morgan fingerprint density at radius 1 is 1.42 bits per heavy atom. The van der Waals surface area contributed by atoms with Gasteiger partial charge in [-0.2, -0.15) is 0 Å². The lowest BCUT2D eigenvalue weighted by atomic mass is 9.93. The fourth-order valence-electron chi connectivity index (χ4n) is 2.81. The third-order valence-corrected chi connectivity index (χ3v) is 4.29. The van der Waals surface area contributed by atoms with Crippen LogP contribution in [0.3, 0.4) is 0 Å². The van der Waals surface area contributed by atoms with Crippen molar-refractivity contribution in [3.8, 4) is 0 Å². The van der Waals surface area contributed by atoms with Gasteiger partial charge in [-0.3, -0.25) is 4.79 Å². The molecule has 0 aromatic carbocycles. The summed E-state index contributed by atoms with van der Waals surface area (Å²) < 4.78 is 5.51. The maximum Gasteiger partial charge on any atom is 0.252 e. The third kappa shape index (κ3) is 4.44. The molecule has 1 atom stereocenters. The Bertz CT molecular complexity index is 284. The average molecular weight is 269 g/mol. The molecule has 0 saturated carbocycles. The van der Waals surface area contributed by atoms with Gasteiger partial charge in [0.05, 0.1) is 6.61 Å². The van der Waals surface area contributed by atoms with Crippen molar-refractivity contribution in [1.29, 1.82) is 0 Å². The minimum Gasteiger partial charge on any atom is -0.366 e. The van der Waals surface area contributed by atoms with Crippen molar-refractivity contribution in [3.05, 3.63) is 0 Å². The van der Waals surface area contributed by atoms with Gasteiger partial charge in [0.25, 0.3) is 5.91 Å². The zero-order valence-corrected chi connectivity index (χ0v) is 12.2. The van der Waals surface area contributed by atoms with Crippen LogP contribution in [0.25, 0.3) is 0 Å². The van der Waals surface area contributed by atoms with Crippen LogP contribution in [0.15, 0.2) is 0 Å². The number of hydrogen-bond donors (Lipinski definition) is 1. The van der Waals surface area contributed by atoms with Crippen molar-refractivity contribution < 1.29 is 9.53 Å². The van der Waals surface area contributed by atoms with Crippen molar-refractivity contribution in [2.75, 3.05) is 53.4 Å². The maximum atomic E-state index is 12.2. The second kappa shape index (κ2) is 7.22. The maximum absolute atomic E-state index is 12.2. The van der Waals surface area contributed by atoms with Gasteiger partial charge in [0, 0.05) is 26.7 Å². The fourth-order valence-corrected chi connectivity index (χ4v) is 2.81. The number of piperidine rings is 1. The molecule has 1 unspecified atom stereocenters. The highest BCUT2D eigenvalue weighted by atomic mass is 16.5. The van der Waals surface area contributed by atoms with Gasteiger partial charge < -0.3 is 19.9 Å². The highest BCUT2D eigenvalue weighted by Gasteiger charge is 2.25. The summed E-state index contributed by atoms with van der Waals surface area (Å²) in [4.78, 5) is 16.4. The summed E-state index contributed by atoms with van der Waals surface area (Å²) >= 11 is 0. The van der Waals surface area contributed by atoms with E-state index in [4.69, 9.17) is 4.74 Å². The molecule has 5 nitrogen and oxygen atoms in total. The number of nitrogens with zero attached hydrogens (tertiary/aromatic N) is 2. The standard InChI is InChI=1S/C14H27N3O2/c1-16-7-3-12(4-8-16)5-9-17(2)14(18)13-11-15-6-10-19-13/h12-13,15H,3-11H2,1-2H3. The van der Waals surface area contributed by atoms with Gasteiger partial charge in [0.1, 0.15) is 6.10 Å². The Labute approximate surface area is 116 Å². The van der Waals surface area contributed by atoms with Crippen molar-refractivity contribution >= 4 is 5.91 Å². The molecule has 2 aliphatic rings. The summed E-state index contributed by atoms with van der Waals surface area (Å²) in [6.07, 6.45) is 3.37. The molecule has 0 aliphatic carbocycles. The van der Waals surface area contributed by atoms with E-state index in [1.807, 2.05) is 11.9 Å². The van der Waals surface area contributed by atoms with Crippen LogP contribution in [0, 0.1) is 5.92 Å². The number of likely N-dealkylation sites (tertiary alicyclic amines) is 1. The third-order valence-electron chi connectivity index (χ3n) is 4.29. The number of carbonyl (C=O) groups excluding carboxylic acids is 1. The Morgan fingerprint density at radius 2 is 2.16 bits per heavy atom. The zero-order chi connectivity index (χ0) is 13.7. The van der Waals surface area contributed by atoms with Crippen molar-refractivity contribution in [2.24, 2.45) is 5.92 Å². The molecule has 0 aromatic heterocycles. The predicted molar refractivity (Wildman–Crippen MR) is 75.1 cm³/mol. The summed E-state index contributed by atoms with van der Waals surface area (Å²) in [6, 6.07) is 0. The summed E-state index contributed by atoms with van der Waals surface area (Å²) in [7, 11) is 4.08. The van der Waals surface area contributed by atoms with Crippen LogP contribution in [-0.4, -0.2) is 75.2 Å². The van der Waals surface area contributed by atoms with E-state index in [0.717, 1.165) is 25.4 Å². The van der Waals surface area contributed by atoms with Crippen LogP contribution in [0.2, 0.25) is 0 Å². The van der Waals surface area contributed by atoms with Gasteiger partial charge in [-0.1, -0.05) is 0 Å². The van der Waals surface area contributed by atoms with Crippen molar-refractivity contribution in [2.45, 2.75) is 25.4 Å². The monoisotopic (exact) mass is 269 g/mol. The lowest BCUT2D eigenvalue weighted by molar-refractivity contribution is -0.144. The summed E-state index contributed by atoms with van der Waals surface area (Å²) in [5, 5.41) is 3.20. The van der Waals surface area contributed by atoms with E-state index in [0.29, 0.717) is 13.2 Å². The molecular weight excluding hydrogens is 242 g/mol. The Morgan fingerprint density at radius 3 is 2.79 bits per heavy atom. The lowest BCUT2D eigenvalue weighted by Gasteiger charge is -2.31. The number of carbonyl (C=O) groups is 1. The SMILES string of the molecule is CN1CCC(CCN(C)C(=O)C2CNCCO2)CC1. The molecule has 2 heterocycles. The van der Waals surface area contributed by atoms with Crippen molar-refractivity contribution in [1.82, 2.24) is 15.1 Å². The fraction of sp³-hybridized carbons (Fsp3) is 0.929. The lowest BCUT2D eigenvalue weighted by Crippen LogP contribution is -2.48. The van der Waals surface area contributed by atoms with Crippen LogP contribution < -0.4 is 5.32 Å². The topological polar surface area (TPSA) is 44.8 Å². The molecule has 1 N–H and O–H groups in total. The van der Waals surface area contributed by atoms with Crippen LogP contribution in [0.4, 0.5) is 0 Å². The number of amides is 1. The highest BCUT2D eigenvalue weighted by molar-refractivity contribution is 5.81. The first-order valence-electron chi connectivity index (χ1n) is 7.42. The van der Waals surface area contributed by atoms with E-state index in [-0.39, 0.29) is 12.0 Å². The van der Waals surface area contributed by atoms with Crippen LogP contribution in [0.1, 0.15) is 19.3 Å². The average Bonchev–Trinajstić information content (AvgIpc) is 2.46.